The fourth-order valence-electron chi connectivity index (χ4n) is 3.35. The standard InChI is InChI=1S/C22H28N2O2/c1-18-6-5-7-19(16-18)10-11-22(25)23-21(20-8-3-2-4-9-20)17-24-12-14-26-15-13-24/h2-9,16,21H,10-15,17H2,1H3,(H,23,25). The molecule has 1 saturated heterocycles. The van der Waals surface area contributed by atoms with E-state index in [-0.39, 0.29) is 11.9 Å². The zero-order chi connectivity index (χ0) is 18.2. The average molecular weight is 352 g/mol. The van der Waals surface area contributed by atoms with E-state index < -0.39 is 0 Å². The predicted octanol–water partition coefficient (Wildman–Crippen LogP) is 3.12. The molecular formula is C22H28N2O2. The second kappa shape index (κ2) is 9.51. The molecule has 1 atom stereocenters. The highest BCUT2D eigenvalue weighted by Gasteiger charge is 2.20. The Labute approximate surface area is 156 Å². The lowest BCUT2D eigenvalue weighted by atomic mass is 10.0. The van der Waals surface area contributed by atoms with Gasteiger partial charge in [0.1, 0.15) is 0 Å². The van der Waals surface area contributed by atoms with Crippen molar-refractivity contribution in [3.05, 3.63) is 71.3 Å². The monoisotopic (exact) mass is 352 g/mol. The first kappa shape index (κ1) is 18.6. The molecule has 4 heteroatoms. The third-order valence-electron chi connectivity index (χ3n) is 4.80. The second-order valence-electron chi connectivity index (χ2n) is 6.93. The Morgan fingerprint density at radius 3 is 2.62 bits per heavy atom. The van der Waals surface area contributed by atoms with Crippen molar-refractivity contribution >= 4 is 5.91 Å². The van der Waals surface area contributed by atoms with Crippen LogP contribution in [0.4, 0.5) is 0 Å². The number of carbonyl (C=O) groups is 1. The molecule has 2 aromatic carbocycles. The minimum atomic E-state index is 0.0132. The van der Waals surface area contributed by atoms with E-state index in [4.69, 9.17) is 4.74 Å². The minimum Gasteiger partial charge on any atom is -0.379 e. The number of aryl methyl sites for hydroxylation is 2. The molecular weight excluding hydrogens is 324 g/mol. The first-order valence-electron chi connectivity index (χ1n) is 9.40. The predicted molar refractivity (Wildman–Crippen MR) is 104 cm³/mol. The topological polar surface area (TPSA) is 41.6 Å². The highest BCUT2D eigenvalue weighted by Crippen LogP contribution is 2.16. The summed E-state index contributed by atoms with van der Waals surface area (Å²) in [7, 11) is 0. The molecule has 1 aliphatic rings. The maximum Gasteiger partial charge on any atom is 0.220 e. The van der Waals surface area contributed by atoms with Gasteiger partial charge in [-0.15, -0.1) is 0 Å². The molecule has 0 radical (unpaired) electrons. The number of hydrogen-bond donors (Lipinski definition) is 1. The first-order valence-corrected chi connectivity index (χ1v) is 9.40. The maximum absolute atomic E-state index is 12.6. The highest BCUT2D eigenvalue weighted by atomic mass is 16.5. The van der Waals surface area contributed by atoms with Crippen LogP contribution in [0, 0.1) is 6.92 Å². The van der Waals surface area contributed by atoms with Gasteiger partial charge < -0.3 is 10.1 Å². The Bertz CT molecular complexity index is 696. The van der Waals surface area contributed by atoms with Gasteiger partial charge in [0.15, 0.2) is 0 Å². The van der Waals surface area contributed by atoms with Gasteiger partial charge in [0.2, 0.25) is 5.91 Å². The van der Waals surface area contributed by atoms with Crippen LogP contribution in [0.5, 0.6) is 0 Å². The van der Waals surface area contributed by atoms with Gasteiger partial charge in [-0.3, -0.25) is 9.69 Å². The van der Waals surface area contributed by atoms with Crippen molar-refractivity contribution in [3.63, 3.8) is 0 Å². The summed E-state index contributed by atoms with van der Waals surface area (Å²) in [4.78, 5) is 14.9. The number of carbonyl (C=O) groups excluding carboxylic acids is 1. The quantitative estimate of drug-likeness (QED) is 0.832. The average Bonchev–Trinajstić information content (AvgIpc) is 2.67. The lowest BCUT2D eigenvalue weighted by Crippen LogP contribution is -2.43. The van der Waals surface area contributed by atoms with Crippen LogP contribution in [0.1, 0.15) is 29.2 Å². The number of amides is 1. The van der Waals surface area contributed by atoms with Crippen molar-refractivity contribution in [2.45, 2.75) is 25.8 Å². The summed E-state index contributed by atoms with van der Waals surface area (Å²) in [6.45, 7) is 6.28. The third-order valence-corrected chi connectivity index (χ3v) is 4.80. The van der Waals surface area contributed by atoms with Crippen LogP contribution in [-0.2, 0) is 16.0 Å². The molecule has 4 nitrogen and oxygen atoms in total. The van der Waals surface area contributed by atoms with Gasteiger partial charge in [-0.2, -0.15) is 0 Å². The molecule has 0 aliphatic carbocycles. The summed E-state index contributed by atoms with van der Waals surface area (Å²) in [5, 5.41) is 3.24. The Balaban J connectivity index is 1.59. The summed E-state index contributed by atoms with van der Waals surface area (Å²) in [6.07, 6.45) is 1.28. The molecule has 3 rings (SSSR count). The fraction of sp³-hybridized carbons (Fsp3) is 0.409. The largest absolute Gasteiger partial charge is 0.379 e. The summed E-state index contributed by atoms with van der Waals surface area (Å²) in [5.74, 6) is 0.105. The summed E-state index contributed by atoms with van der Waals surface area (Å²) < 4.78 is 5.44. The van der Waals surface area contributed by atoms with Crippen LogP contribution in [0.3, 0.4) is 0 Å². The summed E-state index contributed by atoms with van der Waals surface area (Å²) in [5.41, 5.74) is 3.60. The third kappa shape index (κ3) is 5.68. The number of ether oxygens (including phenoxy) is 1. The lowest BCUT2D eigenvalue weighted by Gasteiger charge is -2.31. The van der Waals surface area contributed by atoms with Crippen LogP contribution in [0.2, 0.25) is 0 Å². The molecule has 0 bridgehead atoms. The summed E-state index contributed by atoms with van der Waals surface area (Å²) in [6, 6.07) is 18.6. The van der Waals surface area contributed by atoms with Crippen LogP contribution in [0.25, 0.3) is 0 Å². The zero-order valence-electron chi connectivity index (χ0n) is 15.5. The van der Waals surface area contributed by atoms with E-state index in [0.29, 0.717) is 6.42 Å². The van der Waals surface area contributed by atoms with Crippen LogP contribution in [0.15, 0.2) is 54.6 Å². The van der Waals surface area contributed by atoms with Gasteiger partial charge in [0.25, 0.3) is 0 Å². The first-order chi connectivity index (χ1) is 12.7. The molecule has 0 spiro atoms. The van der Waals surface area contributed by atoms with Crippen LogP contribution in [-0.4, -0.2) is 43.7 Å². The van der Waals surface area contributed by atoms with E-state index >= 15 is 0 Å². The molecule has 1 aliphatic heterocycles. The number of benzene rings is 2. The van der Waals surface area contributed by atoms with Crippen molar-refractivity contribution < 1.29 is 9.53 Å². The number of hydrogen-bond acceptors (Lipinski definition) is 3. The molecule has 138 valence electrons. The van der Waals surface area contributed by atoms with Crippen LogP contribution >= 0.6 is 0 Å². The molecule has 2 aromatic rings. The molecule has 1 N–H and O–H groups in total. The molecule has 0 aromatic heterocycles. The maximum atomic E-state index is 12.6. The molecule has 1 unspecified atom stereocenters. The van der Waals surface area contributed by atoms with Crippen molar-refractivity contribution in [3.8, 4) is 0 Å². The van der Waals surface area contributed by atoms with Crippen molar-refractivity contribution in [1.29, 1.82) is 0 Å². The number of rotatable bonds is 7. The van der Waals surface area contributed by atoms with Crippen molar-refractivity contribution in [1.82, 2.24) is 10.2 Å². The Morgan fingerprint density at radius 2 is 1.88 bits per heavy atom. The van der Waals surface area contributed by atoms with E-state index in [9.17, 15) is 4.79 Å². The Morgan fingerprint density at radius 1 is 1.12 bits per heavy atom. The van der Waals surface area contributed by atoms with E-state index in [1.807, 2.05) is 24.3 Å². The highest BCUT2D eigenvalue weighted by molar-refractivity contribution is 5.76. The Kier molecular flexibility index (Phi) is 6.81. The number of morpholine rings is 1. The van der Waals surface area contributed by atoms with Crippen LogP contribution < -0.4 is 5.32 Å². The Hall–Kier alpha value is -2.17. The van der Waals surface area contributed by atoms with Crippen molar-refractivity contribution in [2.75, 3.05) is 32.8 Å². The van der Waals surface area contributed by atoms with Gasteiger partial charge in [-0.1, -0.05) is 60.2 Å². The number of nitrogens with one attached hydrogen (secondary N) is 1. The lowest BCUT2D eigenvalue weighted by molar-refractivity contribution is -0.122. The minimum absolute atomic E-state index is 0.0132. The molecule has 1 heterocycles. The van der Waals surface area contributed by atoms with Gasteiger partial charge in [-0.05, 0) is 24.5 Å². The fourth-order valence-corrected chi connectivity index (χ4v) is 3.35. The van der Waals surface area contributed by atoms with Gasteiger partial charge >= 0.3 is 0 Å². The van der Waals surface area contributed by atoms with Crippen molar-refractivity contribution in [2.24, 2.45) is 0 Å². The van der Waals surface area contributed by atoms with Gasteiger partial charge in [-0.25, -0.2) is 0 Å². The van der Waals surface area contributed by atoms with E-state index in [0.717, 1.165) is 44.8 Å². The van der Waals surface area contributed by atoms with E-state index in [1.54, 1.807) is 0 Å². The molecule has 1 amide bonds. The number of nitrogens with zero attached hydrogens (tertiary/aromatic N) is 1. The SMILES string of the molecule is Cc1cccc(CCC(=O)NC(CN2CCOCC2)c2ccccc2)c1. The van der Waals surface area contributed by atoms with Gasteiger partial charge in [0, 0.05) is 26.1 Å². The van der Waals surface area contributed by atoms with E-state index in [2.05, 4.69) is 47.5 Å². The molecule has 1 fully saturated rings. The smallest absolute Gasteiger partial charge is 0.220 e. The summed E-state index contributed by atoms with van der Waals surface area (Å²) >= 11 is 0. The molecule has 0 saturated carbocycles. The second-order valence-corrected chi connectivity index (χ2v) is 6.93. The zero-order valence-corrected chi connectivity index (χ0v) is 15.5. The molecule has 26 heavy (non-hydrogen) atoms. The van der Waals surface area contributed by atoms with E-state index in [1.165, 1.54) is 11.1 Å². The normalized spacial score (nSPS) is 16.2. The van der Waals surface area contributed by atoms with Gasteiger partial charge in [0.05, 0.1) is 19.3 Å².